The molecule has 124 valence electrons. The van der Waals surface area contributed by atoms with E-state index in [-0.39, 0.29) is 11.9 Å². The minimum absolute atomic E-state index is 0.189. The highest BCUT2D eigenvalue weighted by molar-refractivity contribution is 9.10. The molecule has 7 nitrogen and oxygen atoms in total. The third kappa shape index (κ3) is 2.62. The minimum atomic E-state index is -0.903. The lowest BCUT2D eigenvalue weighted by Gasteiger charge is -2.24. The number of aromatic nitrogens is 4. The molecule has 0 radical (unpaired) electrons. The minimum Gasteiger partial charge on any atom is -0.467 e. The van der Waals surface area contributed by atoms with E-state index in [4.69, 9.17) is 10.5 Å². The predicted octanol–water partition coefficient (Wildman–Crippen LogP) is 2.75. The van der Waals surface area contributed by atoms with E-state index in [2.05, 4.69) is 30.9 Å². The van der Waals surface area contributed by atoms with Crippen molar-refractivity contribution in [2.45, 2.75) is 19.4 Å². The second kappa shape index (κ2) is 5.86. The molecule has 24 heavy (non-hydrogen) atoms. The number of hydrogen-bond donors (Lipinski definition) is 1. The van der Waals surface area contributed by atoms with Crippen LogP contribution in [0.4, 0.5) is 5.95 Å². The second-order valence-electron chi connectivity index (χ2n) is 5.79. The summed E-state index contributed by atoms with van der Waals surface area (Å²) in [5.41, 5.74) is 7.10. The average Bonchev–Trinajstić information content (AvgIpc) is 2.93. The second-order valence-corrected chi connectivity index (χ2v) is 6.60. The van der Waals surface area contributed by atoms with E-state index >= 15 is 0 Å². The first-order valence-corrected chi connectivity index (χ1v) is 7.98. The molecule has 0 bridgehead atoms. The number of carbonyl (C=O) groups excluding carboxylic acids is 1. The fraction of sp³-hybridized carbons (Fsp3) is 0.250. The number of pyridine rings is 1. The number of carbonyl (C=O) groups is 1. The monoisotopic (exact) mass is 389 g/mol. The number of halogens is 1. The number of methoxy groups -OCH3 is 1. The van der Waals surface area contributed by atoms with Crippen molar-refractivity contribution in [3.63, 3.8) is 0 Å². The summed E-state index contributed by atoms with van der Waals surface area (Å²) in [5, 5.41) is 0.895. The van der Waals surface area contributed by atoms with E-state index in [1.54, 1.807) is 32.3 Å². The Hall–Kier alpha value is -2.48. The summed E-state index contributed by atoms with van der Waals surface area (Å²) < 4.78 is 7.46. The lowest BCUT2D eigenvalue weighted by molar-refractivity contribution is -0.149. The van der Waals surface area contributed by atoms with Crippen LogP contribution in [0.1, 0.15) is 13.8 Å². The van der Waals surface area contributed by atoms with Crippen LogP contribution in [0.2, 0.25) is 0 Å². The topological polar surface area (TPSA) is 95.9 Å². The molecule has 0 spiro atoms. The standard InChI is InChI=1S/C16H16BrN5O2/c1-16(2,14(23)24-3)22-8-10(11-4-5-19-15(18)21-11)9-6-13(17)20-7-12(9)22/h4-8H,1-3H3,(H2,18,19,21). The first-order valence-electron chi connectivity index (χ1n) is 7.19. The van der Waals surface area contributed by atoms with E-state index < -0.39 is 5.54 Å². The summed E-state index contributed by atoms with van der Waals surface area (Å²) in [6.45, 7) is 3.58. The van der Waals surface area contributed by atoms with Gasteiger partial charge in [0.25, 0.3) is 0 Å². The summed E-state index contributed by atoms with van der Waals surface area (Å²) in [5.74, 6) is -0.162. The van der Waals surface area contributed by atoms with Crippen molar-refractivity contribution in [3.05, 3.63) is 35.3 Å². The zero-order valence-corrected chi connectivity index (χ0v) is 15.0. The summed E-state index contributed by atoms with van der Waals surface area (Å²) in [7, 11) is 1.37. The lowest BCUT2D eigenvalue weighted by atomic mass is 10.1. The first-order chi connectivity index (χ1) is 11.3. The summed E-state index contributed by atoms with van der Waals surface area (Å²) >= 11 is 3.39. The number of nitrogen functional groups attached to an aromatic ring is 1. The third-order valence-electron chi connectivity index (χ3n) is 3.89. The molecule has 0 saturated heterocycles. The highest BCUT2D eigenvalue weighted by Gasteiger charge is 2.33. The number of rotatable bonds is 3. The smallest absolute Gasteiger partial charge is 0.331 e. The SMILES string of the molecule is COC(=O)C(C)(C)n1cc(-c2ccnc(N)n2)c2cc(Br)ncc21. The normalized spacial score (nSPS) is 11.7. The van der Waals surface area contributed by atoms with Gasteiger partial charge in [0.15, 0.2) is 0 Å². The van der Waals surface area contributed by atoms with Gasteiger partial charge in [0.2, 0.25) is 5.95 Å². The molecule has 3 aromatic rings. The van der Waals surface area contributed by atoms with Gasteiger partial charge < -0.3 is 15.0 Å². The maximum absolute atomic E-state index is 12.2. The van der Waals surface area contributed by atoms with Crippen LogP contribution in [0.5, 0.6) is 0 Å². The van der Waals surface area contributed by atoms with Crippen LogP contribution in [0.3, 0.4) is 0 Å². The highest BCUT2D eigenvalue weighted by Crippen LogP contribution is 2.34. The Bertz CT molecular complexity index is 935. The van der Waals surface area contributed by atoms with Gasteiger partial charge in [-0.2, -0.15) is 0 Å². The van der Waals surface area contributed by atoms with Gasteiger partial charge in [0.05, 0.1) is 24.5 Å². The van der Waals surface area contributed by atoms with Gasteiger partial charge in [-0.1, -0.05) is 0 Å². The Kier molecular flexibility index (Phi) is 4.00. The molecule has 0 unspecified atom stereocenters. The lowest BCUT2D eigenvalue weighted by Crippen LogP contribution is -2.36. The average molecular weight is 390 g/mol. The van der Waals surface area contributed by atoms with E-state index in [0.29, 0.717) is 10.3 Å². The Balaban J connectivity index is 2.32. The van der Waals surface area contributed by atoms with Gasteiger partial charge >= 0.3 is 5.97 Å². The van der Waals surface area contributed by atoms with Crippen molar-refractivity contribution in [2.24, 2.45) is 0 Å². The quantitative estimate of drug-likeness (QED) is 0.546. The van der Waals surface area contributed by atoms with E-state index in [0.717, 1.165) is 16.5 Å². The van der Waals surface area contributed by atoms with Gasteiger partial charge in [0, 0.05) is 23.3 Å². The van der Waals surface area contributed by atoms with E-state index in [1.807, 2.05) is 16.8 Å². The molecular weight excluding hydrogens is 374 g/mol. The largest absolute Gasteiger partial charge is 0.467 e. The van der Waals surface area contributed by atoms with Crippen LogP contribution in [0, 0.1) is 0 Å². The van der Waals surface area contributed by atoms with Crippen molar-refractivity contribution < 1.29 is 9.53 Å². The van der Waals surface area contributed by atoms with Crippen molar-refractivity contribution in [1.29, 1.82) is 0 Å². The van der Waals surface area contributed by atoms with Gasteiger partial charge in [-0.05, 0) is 41.9 Å². The molecule has 0 aliphatic carbocycles. The molecule has 0 saturated carbocycles. The molecule has 3 aromatic heterocycles. The van der Waals surface area contributed by atoms with Crippen LogP contribution >= 0.6 is 15.9 Å². The Morgan fingerprint density at radius 2 is 2.12 bits per heavy atom. The number of esters is 1. The maximum Gasteiger partial charge on any atom is 0.331 e. The number of fused-ring (bicyclic) bond motifs is 1. The van der Waals surface area contributed by atoms with Gasteiger partial charge in [-0.3, -0.25) is 0 Å². The molecule has 0 fully saturated rings. The van der Waals surface area contributed by atoms with Crippen LogP contribution in [-0.2, 0) is 15.1 Å². The summed E-state index contributed by atoms with van der Waals surface area (Å²) in [4.78, 5) is 24.7. The summed E-state index contributed by atoms with van der Waals surface area (Å²) in [6, 6.07) is 3.65. The molecule has 2 N–H and O–H groups in total. The van der Waals surface area contributed by atoms with E-state index in [9.17, 15) is 4.79 Å². The molecule has 0 aliphatic rings. The van der Waals surface area contributed by atoms with Crippen molar-refractivity contribution in [3.8, 4) is 11.3 Å². The number of anilines is 1. The predicted molar refractivity (Wildman–Crippen MR) is 94.2 cm³/mol. The molecule has 3 heterocycles. The molecule has 0 aliphatic heterocycles. The van der Waals surface area contributed by atoms with Gasteiger partial charge in [-0.15, -0.1) is 0 Å². The van der Waals surface area contributed by atoms with Crippen LogP contribution in [-0.4, -0.2) is 32.6 Å². The van der Waals surface area contributed by atoms with Crippen LogP contribution < -0.4 is 5.73 Å². The van der Waals surface area contributed by atoms with Gasteiger partial charge in [-0.25, -0.2) is 19.7 Å². The van der Waals surface area contributed by atoms with Crippen molar-refractivity contribution in [2.75, 3.05) is 12.8 Å². The van der Waals surface area contributed by atoms with Crippen molar-refractivity contribution >= 4 is 38.8 Å². The number of hydrogen-bond acceptors (Lipinski definition) is 6. The van der Waals surface area contributed by atoms with Crippen LogP contribution in [0.15, 0.2) is 35.3 Å². The Morgan fingerprint density at radius 1 is 1.38 bits per heavy atom. The zero-order valence-electron chi connectivity index (χ0n) is 13.4. The molecule has 0 atom stereocenters. The highest BCUT2D eigenvalue weighted by atomic mass is 79.9. The van der Waals surface area contributed by atoms with Crippen LogP contribution in [0.25, 0.3) is 22.2 Å². The fourth-order valence-electron chi connectivity index (χ4n) is 2.64. The fourth-order valence-corrected chi connectivity index (χ4v) is 2.97. The molecule has 8 heteroatoms. The third-order valence-corrected chi connectivity index (χ3v) is 4.33. The van der Waals surface area contributed by atoms with Gasteiger partial charge in [0.1, 0.15) is 10.1 Å². The number of ether oxygens (including phenoxy) is 1. The Morgan fingerprint density at radius 3 is 2.79 bits per heavy atom. The Labute approximate surface area is 147 Å². The molecule has 0 aromatic carbocycles. The first kappa shape index (κ1) is 16.4. The summed E-state index contributed by atoms with van der Waals surface area (Å²) in [6.07, 6.45) is 5.16. The maximum atomic E-state index is 12.2. The molecule has 3 rings (SSSR count). The van der Waals surface area contributed by atoms with Crippen molar-refractivity contribution in [1.82, 2.24) is 19.5 Å². The number of nitrogens with two attached hydrogens (primary N) is 1. The van der Waals surface area contributed by atoms with E-state index in [1.165, 1.54) is 7.11 Å². The number of nitrogens with zero attached hydrogens (tertiary/aromatic N) is 4. The zero-order chi connectivity index (χ0) is 17.5. The molecule has 0 amide bonds. The molecular formula is C16H16BrN5O2.